The van der Waals surface area contributed by atoms with Crippen molar-refractivity contribution in [2.45, 2.75) is 6.92 Å². The Morgan fingerprint density at radius 2 is 2.18 bits per heavy atom. The summed E-state index contributed by atoms with van der Waals surface area (Å²) in [7, 11) is 0. The van der Waals surface area contributed by atoms with Gasteiger partial charge in [0, 0.05) is 5.39 Å². The van der Waals surface area contributed by atoms with Crippen LogP contribution < -0.4 is 0 Å². The van der Waals surface area contributed by atoms with Crippen molar-refractivity contribution >= 4 is 10.9 Å². The van der Waals surface area contributed by atoms with Gasteiger partial charge in [-0.1, -0.05) is 24.3 Å². The van der Waals surface area contributed by atoms with E-state index in [2.05, 4.69) is 30.2 Å². The highest BCUT2D eigenvalue weighted by Gasteiger charge is 1.94. The highest BCUT2D eigenvalue weighted by atomic mass is 14.6. The summed E-state index contributed by atoms with van der Waals surface area (Å²) in [5.74, 6) is 0. The minimum absolute atomic E-state index is 1.05. The fraction of sp³-hybridized carbons (Fsp3) is 0.100. The lowest BCUT2D eigenvalue weighted by molar-refractivity contribution is 1.35. The summed E-state index contributed by atoms with van der Waals surface area (Å²) >= 11 is 0. The van der Waals surface area contributed by atoms with E-state index in [1.165, 1.54) is 10.9 Å². The van der Waals surface area contributed by atoms with Crippen molar-refractivity contribution in [3.63, 3.8) is 0 Å². The third kappa shape index (κ3) is 0.984. The maximum atomic E-state index is 4.16. The van der Waals surface area contributed by atoms with Gasteiger partial charge >= 0.3 is 0 Å². The molecule has 0 saturated heterocycles. The predicted molar refractivity (Wildman–Crippen MR) is 45.3 cm³/mol. The van der Waals surface area contributed by atoms with Crippen molar-refractivity contribution in [1.29, 1.82) is 0 Å². The number of para-hydroxylation sites is 1. The van der Waals surface area contributed by atoms with E-state index in [9.17, 15) is 0 Å². The van der Waals surface area contributed by atoms with Crippen LogP contribution >= 0.6 is 0 Å². The zero-order chi connectivity index (χ0) is 7.68. The average molecular weight is 142 g/mol. The standard InChI is InChI=1S/C10H8N/c1-8-4-2-5-9-6-3-7-11-10(8)9/h2-6H,1H3. The van der Waals surface area contributed by atoms with Gasteiger partial charge in [-0.3, -0.25) is 0 Å². The summed E-state index contributed by atoms with van der Waals surface area (Å²) in [5, 5.41) is 1.18. The highest BCUT2D eigenvalue weighted by molar-refractivity contribution is 5.81. The van der Waals surface area contributed by atoms with Gasteiger partial charge in [0.05, 0.1) is 11.7 Å². The van der Waals surface area contributed by atoms with Crippen LogP contribution in [0.25, 0.3) is 10.9 Å². The molecule has 1 nitrogen and oxygen atoms in total. The zero-order valence-electron chi connectivity index (χ0n) is 6.33. The molecule has 2 aromatic rings. The Hall–Kier alpha value is -1.37. The lowest BCUT2D eigenvalue weighted by atomic mass is 10.1. The molecule has 0 spiro atoms. The summed E-state index contributed by atoms with van der Waals surface area (Å²) in [6.45, 7) is 2.06. The zero-order valence-corrected chi connectivity index (χ0v) is 6.33. The third-order valence-electron chi connectivity index (χ3n) is 1.78. The van der Waals surface area contributed by atoms with E-state index in [0.717, 1.165) is 5.52 Å². The van der Waals surface area contributed by atoms with E-state index in [-0.39, 0.29) is 0 Å². The Balaban J connectivity index is 2.91. The van der Waals surface area contributed by atoms with Gasteiger partial charge < -0.3 is 0 Å². The molecule has 1 heterocycles. The maximum Gasteiger partial charge on any atom is 0.0894 e. The first-order valence-corrected chi connectivity index (χ1v) is 3.60. The number of pyridine rings is 1. The van der Waals surface area contributed by atoms with Gasteiger partial charge in [0.2, 0.25) is 0 Å². The van der Waals surface area contributed by atoms with Gasteiger partial charge in [0.15, 0.2) is 0 Å². The summed E-state index contributed by atoms with van der Waals surface area (Å²) in [4.78, 5) is 4.16. The summed E-state index contributed by atoms with van der Waals surface area (Å²) in [6.07, 6.45) is 2.83. The molecule has 1 aromatic carbocycles. The van der Waals surface area contributed by atoms with Crippen molar-refractivity contribution < 1.29 is 0 Å². The second-order valence-electron chi connectivity index (χ2n) is 2.59. The second kappa shape index (κ2) is 2.35. The van der Waals surface area contributed by atoms with Crippen LogP contribution in [0.5, 0.6) is 0 Å². The fourth-order valence-corrected chi connectivity index (χ4v) is 1.20. The summed E-state index contributed by atoms with van der Waals surface area (Å²) < 4.78 is 0. The van der Waals surface area contributed by atoms with Gasteiger partial charge in [0.1, 0.15) is 0 Å². The molecule has 0 bridgehead atoms. The van der Waals surface area contributed by atoms with Crippen LogP contribution in [0.3, 0.4) is 0 Å². The Morgan fingerprint density at radius 3 is 3.00 bits per heavy atom. The molecule has 1 radical (unpaired) electrons. The van der Waals surface area contributed by atoms with Gasteiger partial charge in [-0.05, 0) is 18.6 Å². The molecule has 0 aliphatic rings. The number of fused-ring (bicyclic) bond motifs is 1. The molecule has 0 aliphatic heterocycles. The van der Waals surface area contributed by atoms with Crippen LogP contribution in [-0.2, 0) is 0 Å². The molecule has 0 atom stereocenters. The number of benzene rings is 1. The summed E-state index contributed by atoms with van der Waals surface area (Å²) in [5.41, 5.74) is 2.26. The smallest absolute Gasteiger partial charge is 0.0894 e. The Morgan fingerprint density at radius 1 is 1.27 bits per heavy atom. The Bertz CT molecular complexity index is 374. The van der Waals surface area contributed by atoms with E-state index in [4.69, 9.17) is 0 Å². The van der Waals surface area contributed by atoms with Crippen LogP contribution in [0, 0.1) is 13.1 Å². The van der Waals surface area contributed by atoms with E-state index in [1.54, 1.807) is 0 Å². The van der Waals surface area contributed by atoms with Gasteiger partial charge in [0.25, 0.3) is 0 Å². The van der Waals surface area contributed by atoms with Crippen molar-refractivity contribution in [1.82, 2.24) is 4.98 Å². The number of aromatic nitrogens is 1. The maximum absolute atomic E-state index is 4.16. The molecule has 0 amide bonds. The predicted octanol–water partition coefficient (Wildman–Crippen LogP) is 2.34. The molecule has 0 saturated carbocycles. The summed E-state index contributed by atoms with van der Waals surface area (Å²) in [6, 6.07) is 10.0. The first-order chi connectivity index (χ1) is 5.38. The van der Waals surface area contributed by atoms with E-state index >= 15 is 0 Å². The largest absolute Gasteiger partial charge is 0.246 e. The van der Waals surface area contributed by atoms with Crippen LogP contribution in [0.15, 0.2) is 30.3 Å². The lowest BCUT2D eigenvalue weighted by Crippen LogP contribution is -1.80. The molecule has 2 rings (SSSR count). The molecule has 53 valence electrons. The molecule has 0 fully saturated rings. The van der Waals surface area contributed by atoms with Crippen molar-refractivity contribution in [2.24, 2.45) is 0 Å². The minimum atomic E-state index is 1.05. The monoisotopic (exact) mass is 142 g/mol. The quantitative estimate of drug-likeness (QED) is 0.550. The van der Waals surface area contributed by atoms with Gasteiger partial charge in [-0.2, -0.15) is 0 Å². The second-order valence-corrected chi connectivity index (χ2v) is 2.59. The molecule has 0 unspecified atom stereocenters. The molecular formula is C10H8N. The topological polar surface area (TPSA) is 12.9 Å². The normalized spacial score (nSPS) is 10.3. The van der Waals surface area contributed by atoms with Crippen LogP contribution in [0.4, 0.5) is 0 Å². The molecular weight excluding hydrogens is 134 g/mol. The molecule has 0 aliphatic carbocycles. The molecule has 1 aromatic heterocycles. The van der Waals surface area contributed by atoms with Crippen molar-refractivity contribution in [3.05, 3.63) is 42.1 Å². The Labute approximate surface area is 65.7 Å². The van der Waals surface area contributed by atoms with E-state index in [0.29, 0.717) is 0 Å². The fourth-order valence-electron chi connectivity index (χ4n) is 1.20. The molecule has 1 heteroatoms. The van der Waals surface area contributed by atoms with Crippen molar-refractivity contribution in [2.75, 3.05) is 0 Å². The van der Waals surface area contributed by atoms with Crippen LogP contribution in [0.1, 0.15) is 5.56 Å². The van der Waals surface area contributed by atoms with Crippen LogP contribution in [-0.4, -0.2) is 4.98 Å². The number of hydrogen-bond acceptors (Lipinski definition) is 1. The first-order valence-electron chi connectivity index (χ1n) is 3.60. The lowest BCUT2D eigenvalue weighted by Gasteiger charge is -1.97. The minimum Gasteiger partial charge on any atom is -0.246 e. The number of hydrogen-bond donors (Lipinski definition) is 0. The number of rotatable bonds is 0. The number of aryl methyl sites for hydroxylation is 1. The Kier molecular flexibility index (Phi) is 1.35. The van der Waals surface area contributed by atoms with Crippen molar-refractivity contribution in [3.8, 4) is 0 Å². The SMILES string of the molecule is Cc1cccc2cc[c]nc12. The third-order valence-corrected chi connectivity index (χ3v) is 1.78. The van der Waals surface area contributed by atoms with E-state index < -0.39 is 0 Å². The average Bonchev–Trinajstić information content (AvgIpc) is 2.06. The molecule has 0 N–H and O–H groups in total. The number of nitrogens with zero attached hydrogens (tertiary/aromatic N) is 1. The first kappa shape index (κ1) is 6.35. The highest BCUT2D eigenvalue weighted by Crippen LogP contribution is 2.13. The van der Waals surface area contributed by atoms with E-state index in [1.807, 2.05) is 18.2 Å². The molecule has 11 heavy (non-hydrogen) atoms. The van der Waals surface area contributed by atoms with Crippen LogP contribution in [0.2, 0.25) is 0 Å². The van der Waals surface area contributed by atoms with Gasteiger partial charge in [-0.15, -0.1) is 0 Å². The van der Waals surface area contributed by atoms with Gasteiger partial charge in [-0.25, -0.2) is 4.98 Å².